The van der Waals surface area contributed by atoms with E-state index in [-0.39, 0.29) is 11.3 Å². The molecular weight excluding hydrogens is 107 g/mol. The molecule has 0 saturated heterocycles. The molecule has 2 atom stereocenters. The van der Waals surface area contributed by atoms with Crippen LogP contribution in [0.25, 0.3) is 0 Å². The van der Waals surface area contributed by atoms with Gasteiger partial charge in [-0.3, -0.25) is 0 Å². The van der Waals surface area contributed by atoms with Crippen molar-refractivity contribution in [3.8, 4) is 0 Å². The first kappa shape index (κ1) is 7.39. The van der Waals surface area contributed by atoms with Gasteiger partial charge in [-0.05, 0) is 5.41 Å². The van der Waals surface area contributed by atoms with Crippen molar-refractivity contribution in [2.75, 3.05) is 0 Å². The second-order valence-corrected chi connectivity index (χ2v) is 3.44. The van der Waals surface area contributed by atoms with Crippen molar-refractivity contribution in [3.63, 3.8) is 0 Å². The van der Waals surface area contributed by atoms with Crippen molar-refractivity contribution < 1.29 is 5.11 Å². The molecule has 0 aromatic rings. The molecule has 0 saturated carbocycles. The standard InChI is InChI=1S/C5H13OP/c1-5(2,3)4(6)7/h4,6H,7H2,1-3H3. The van der Waals surface area contributed by atoms with Crippen LogP contribution in [0.3, 0.4) is 0 Å². The summed E-state index contributed by atoms with van der Waals surface area (Å²) in [5, 5.41) is 8.85. The Morgan fingerprint density at radius 1 is 1.43 bits per heavy atom. The van der Waals surface area contributed by atoms with Crippen molar-refractivity contribution in [1.82, 2.24) is 0 Å². The second kappa shape index (κ2) is 2.11. The Morgan fingerprint density at radius 2 is 1.57 bits per heavy atom. The van der Waals surface area contributed by atoms with Crippen molar-refractivity contribution in [2.45, 2.75) is 26.6 Å². The highest BCUT2D eigenvalue weighted by atomic mass is 31.0. The molecule has 0 aliphatic rings. The van der Waals surface area contributed by atoms with Crippen LogP contribution < -0.4 is 0 Å². The van der Waals surface area contributed by atoms with E-state index in [2.05, 4.69) is 9.24 Å². The molecule has 0 amide bonds. The van der Waals surface area contributed by atoms with Gasteiger partial charge in [-0.1, -0.05) is 20.8 Å². The van der Waals surface area contributed by atoms with Gasteiger partial charge >= 0.3 is 0 Å². The van der Waals surface area contributed by atoms with E-state index in [0.717, 1.165) is 0 Å². The molecule has 0 radical (unpaired) electrons. The minimum Gasteiger partial charge on any atom is -0.389 e. The third kappa shape index (κ3) is 3.02. The molecule has 0 bridgehead atoms. The lowest BCUT2D eigenvalue weighted by molar-refractivity contribution is 0.142. The molecule has 44 valence electrons. The minimum atomic E-state index is -0.285. The first-order valence-corrected chi connectivity index (χ1v) is 3.05. The van der Waals surface area contributed by atoms with Crippen LogP contribution in [0.1, 0.15) is 20.8 Å². The number of hydrogen-bond donors (Lipinski definition) is 1. The van der Waals surface area contributed by atoms with Crippen LogP contribution >= 0.6 is 9.24 Å². The van der Waals surface area contributed by atoms with Crippen LogP contribution in [0.15, 0.2) is 0 Å². The molecule has 0 aromatic heterocycles. The number of hydrogen-bond acceptors (Lipinski definition) is 1. The summed E-state index contributed by atoms with van der Waals surface area (Å²) in [6.07, 6.45) is 0. The number of aliphatic hydroxyl groups is 1. The van der Waals surface area contributed by atoms with E-state index in [1.54, 1.807) is 0 Å². The van der Waals surface area contributed by atoms with E-state index in [9.17, 15) is 0 Å². The monoisotopic (exact) mass is 120 g/mol. The van der Waals surface area contributed by atoms with E-state index in [1.165, 1.54) is 0 Å². The van der Waals surface area contributed by atoms with E-state index >= 15 is 0 Å². The molecule has 0 rings (SSSR count). The van der Waals surface area contributed by atoms with Gasteiger partial charge in [-0.15, -0.1) is 9.24 Å². The minimum absolute atomic E-state index is 0.0185. The van der Waals surface area contributed by atoms with Gasteiger partial charge in [0.1, 0.15) is 0 Å². The fourth-order valence-corrected chi connectivity index (χ4v) is 0. The van der Waals surface area contributed by atoms with Gasteiger partial charge in [0.2, 0.25) is 0 Å². The summed E-state index contributed by atoms with van der Waals surface area (Å²) in [6, 6.07) is 0. The van der Waals surface area contributed by atoms with E-state index in [4.69, 9.17) is 5.11 Å². The second-order valence-electron chi connectivity index (χ2n) is 2.81. The van der Waals surface area contributed by atoms with Crippen molar-refractivity contribution in [3.05, 3.63) is 0 Å². The molecule has 7 heavy (non-hydrogen) atoms. The third-order valence-electron chi connectivity index (χ3n) is 0.887. The topological polar surface area (TPSA) is 20.2 Å². The lowest BCUT2D eigenvalue weighted by Gasteiger charge is -2.20. The van der Waals surface area contributed by atoms with Gasteiger partial charge in [0, 0.05) is 0 Å². The Balaban J connectivity index is 3.54. The van der Waals surface area contributed by atoms with Crippen LogP contribution in [0.2, 0.25) is 0 Å². The summed E-state index contributed by atoms with van der Waals surface area (Å²) < 4.78 is 0. The summed E-state index contributed by atoms with van der Waals surface area (Å²) in [6.45, 7) is 5.97. The first-order chi connectivity index (χ1) is 2.94. The fraction of sp³-hybridized carbons (Fsp3) is 1.00. The third-order valence-corrected chi connectivity index (χ3v) is 1.89. The van der Waals surface area contributed by atoms with E-state index in [0.29, 0.717) is 0 Å². The Bertz CT molecular complexity index is 53.6. The van der Waals surface area contributed by atoms with Crippen LogP contribution in [-0.2, 0) is 0 Å². The lowest BCUT2D eigenvalue weighted by Crippen LogP contribution is -2.18. The highest BCUT2D eigenvalue weighted by molar-refractivity contribution is 7.17. The molecule has 1 N–H and O–H groups in total. The Morgan fingerprint density at radius 3 is 1.57 bits per heavy atom. The molecule has 0 aromatic carbocycles. The molecule has 0 spiro atoms. The van der Waals surface area contributed by atoms with E-state index in [1.807, 2.05) is 20.8 Å². The molecule has 1 nitrogen and oxygen atoms in total. The highest BCUT2D eigenvalue weighted by Crippen LogP contribution is 2.22. The zero-order chi connectivity index (χ0) is 6.08. The van der Waals surface area contributed by atoms with Gasteiger partial charge in [0.15, 0.2) is 0 Å². The lowest BCUT2D eigenvalue weighted by atomic mass is 9.98. The van der Waals surface area contributed by atoms with Gasteiger partial charge in [-0.25, -0.2) is 0 Å². The summed E-state index contributed by atoms with van der Waals surface area (Å²) >= 11 is 0. The summed E-state index contributed by atoms with van der Waals surface area (Å²) in [5.41, 5.74) is 0.0185. The number of rotatable bonds is 0. The normalized spacial score (nSPS) is 16.7. The fourth-order valence-electron chi connectivity index (χ4n) is 0. The zero-order valence-electron chi connectivity index (χ0n) is 5.10. The summed E-state index contributed by atoms with van der Waals surface area (Å²) in [4.78, 5) is 0. The maximum atomic E-state index is 8.85. The Labute approximate surface area is 47.3 Å². The molecule has 2 heteroatoms. The van der Waals surface area contributed by atoms with Crippen LogP contribution in [-0.4, -0.2) is 11.0 Å². The quantitative estimate of drug-likeness (QED) is 0.476. The average molecular weight is 120 g/mol. The zero-order valence-corrected chi connectivity index (χ0v) is 6.26. The Hall–Kier alpha value is 0.390. The summed E-state index contributed by atoms with van der Waals surface area (Å²) in [7, 11) is 2.36. The molecule has 0 heterocycles. The smallest absolute Gasteiger partial charge is 0.0721 e. The largest absolute Gasteiger partial charge is 0.389 e. The molecular formula is C5H13OP. The van der Waals surface area contributed by atoms with Gasteiger partial charge in [0.25, 0.3) is 0 Å². The maximum absolute atomic E-state index is 8.85. The highest BCUT2D eigenvalue weighted by Gasteiger charge is 2.16. The van der Waals surface area contributed by atoms with E-state index < -0.39 is 0 Å². The van der Waals surface area contributed by atoms with Gasteiger partial charge in [-0.2, -0.15) is 0 Å². The average Bonchev–Trinajstić information content (AvgIpc) is 1.31. The molecule has 0 aliphatic heterocycles. The first-order valence-electron chi connectivity index (χ1n) is 2.38. The molecule has 0 aliphatic carbocycles. The predicted molar refractivity (Wildman–Crippen MR) is 35.2 cm³/mol. The predicted octanol–water partition coefficient (Wildman–Crippen LogP) is 1.23. The summed E-state index contributed by atoms with van der Waals surface area (Å²) in [5.74, 6) is -0.285. The van der Waals surface area contributed by atoms with Crippen LogP contribution in [0, 0.1) is 5.41 Å². The van der Waals surface area contributed by atoms with Crippen LogP contribution in [0.4, 0.5) is 0 Å². The van der Waals surface area contributed by atoms with Crippen molar-refractivity contribution in [1.29, 1.82) is 0 Å². The van der Waals surface area contributed by atoms with Gasteiger partial charge < -0.3 is 5.11 Å². The van der Waals surface area contributed by atoms with Gasteiger partial charge in [0.05, 0.1) is 5.85 Å². The van der Waals surface area contributed by atoms with Crippen molar-refractivity contribution >= 4 is 9.24 Å². The van der Waals surface area contributed by atoms with Crippen LogP contribution in [0.5, 0.6) is 0 Å². The SMILES string of the molecule is CC(C)(C)C(O)P. The molecule has 2 unspecified atom stereocenters. The Kier molecular flexibility index (Phi) is 2.22. The maximum Gasteiger partial charge on any atom is 0.0721 e. The van der Waals surface area contributed by atoms with Crippen molar-refractivity contribution in [2.24, 2.45) is 5.41 Å². The number of aliphatic hydroxyl groups excluding tert-OH is 1. The molecule has 0 fully saturated rings.